The van der Waals surface area contributed by atoms with Crippen LogP contribution in [0.5, 0.6) is 0 Å². The van der Waals surface area contributed by atoms with Crippen molar-refractivity contribution in [2.75, 3.05) is 0 Å². The Morgan fingerprint density at radius 2 is 1.29 bits per heavy atom. The largest absolute Gasteiger partial charge is 0.328 e. The fourth-order valence-electron chi connectivity index (χ4n) is 3.04. The molecule has 0 radical (unpaired) electrons. The average Bonchev–Trinajstić information content (AvgIpc) is 2.20. The number of hydrogen-bond donors (Lipinski definition) is 1. The van der Waals surface area contributed by atoms with Gasteiger partial charge < -0.3 is 12.2 Å². The summed E-state index contributed by atoms with van der Waals surface area (Å²) >= 11 is 0. The summed E-state index contributed by atoms with van der Waals surface area (Å²) in [7, 11) is 0. The molecule has 2 saturated carbocycles. The van der Waals surface area contributed by atoms with Gasteiger partial charge in [-0.1, -0.05) is 12.8 Å². The maximum absolute atomic E-state index is 5.92. The SMILES string of the molecule is NC1CCC(C2CC[CH-]CC2)CC1.[U]. The van der Waals surface area contributed by atoms with Crippen LogP contribution in [0.2, 0.25) is 0 Å². The van der Waals surface area contributed by atoms with E-state index in [9.17, 15) is 0 Å². The van der Waals surface area contributed by atoms with Gasteiger partial charge >= 0.3 is 0 Å². The minimum absolute atomic E-state index is 0. The zero-order valence-electron chi connectivity index (χ0n) is 9.04. The molecule has 2 heteroatoms. The first-order chi connectivity index (χ1) is 6.36. The van der Waals surface area contributed by atoms with E-state index in [0.29, 0.717) is 6.04 Å². The summed E-state index contributed by atoms with van der Waals surface area (Å²) in [6.45, 7) is 0. The van der Waals surface area contributed by atoms with Gasteiger partial charge in [-0.2, -0.15) is 12.8 Å². The number of hydrogen-bond acceptors (Lipinski definition) is 1. The van der Waals surface area contributed by atoms with Crippen LogP contribution in [0.15, 0.2) is 0 Å². The van der Waals surface area contributed by atoms with Crippen molar-refractivity contribution in [3.63, 3.8) is 0 Å². The van der Waals surface area contributed by atoms with Gasteiger partial charge in [-0.3, -0.25) is 0 Å². The molecule has 1 nitrogen and oxygen atoms in total. The van der Waals surface area contributed by atoms with Gasteiger partial charge in [-0.15, -0.1) is 0 Å². The van der Waals surface area contributed by atoms with Crippen LogP contribution in [0.3, 0.4) is 0 Å². The second-order valence-electron chi connectivity index (χ2n) is 4.88. The fourth-order valence-corrected chi connectivity index (χ4v) is 3.04. The van der Waals surface area contributed by atoms with E-state index in [0.717, 1.165) is 11.8 Å². The van der Waals surface area contributed by atoms with Crippen LogP contribution < -0.4 is 5.73 Å². The molecule has 0 aromatic carbocycles. The Hall–Kier alpha value is 1.01. The molecular formula is C12H22NU-. The zero-order valence-corrected chi connectivity index (χ0v) is 13.2. The van der Waals surface area contributed by atoms with Crippen molar-refractivity contribution in [2.24, 2.45) is 17.6 Å². The smallest absolute Gasteiger partial charge is 0.00390 e. The van der Waals surface area contributed by atoms with Crippen molar-refractivity contribution in [1.29, 1.82) is 0 Å². The summed E-state index contributed by atoms with van der Waals surface area (Å²) in [5, 5.41) is 0. The first-order valence-electron chi connectivity index (χ1n) is 5.93. The third-order valence-corrected chi connectivity index (χ3v) is 3.97. The van der Waals surface area contributed by atoms with Crippen LogP contribution in [-0.4, -0.2) is 6.04 Å². The molecule has 2 aliphatic carbocycles. The predicted molar refractivity (Wildman–Crippen MR) is 56.2 cm³/mol. The van der Waals surface area contributed by atoms with Crippen molar-refractivity contribution in [3.05, 3.63) is 6.42 Å². The number of rotatable bonds is 1. The molecule has 0 atom stereocenters. The Morgan fingerprint density at radius 3 is 1.86 bits per heavy atom. The molecule has 0 aromatic rings. The average molecular weight is 418 g/mol. The Bertz CT molecular complexity index is 146. The van der Waals surface area contributed by atoms with Gasteiger partial charge in [0.2, 0.25) is 0 Å². The van der Waals surface area contributed by atoms with E-state index in [-0.39, 0.29) is 31.1 Å². The minimum atomic E-state index is 0. The molecule has 0 aliphatic heterocycles. The predicted octanol–water partition coefficient (Wildman–Crippen LogP) is 2.90. The molecule has 14 heavy (non-hydrogen) atoms. The van der Waals surface area contributed by atoms with Crippen LogP contribution in [-0.2, 0) is 0 Å². The van der Waals surface area contributed by atoms with Crippen LogP contribution in [0.1, 0.15) is 51.4 Å². The fraction of sp³-hybridized carbons (Fsp3) is 0.917. The van der Waals surface area contributed by atoms with E-state index < -0.39 is 0 Å². The van der Waals surface area contributed by atoms with Crippen molar-refractivity contribution >= 4 is 0 Å². The molecule has 2 rings (SSSR count). The van der Waals surface area contributed by atoms with Crippen molar-refractivity contribution in [2.45, 2.75) is 57.4 Å². The van der Waals surface area contributed by atoms with Crippen molar-refractivity contribution in [3.8, 4) is 0 Å². The maximum Gasteiger partial charge on any atom is 0.00390 e. The second kappa shape index (κ2) is 6.56. The molecule has 2 fully saturated rings. The Labute approximate surface area is 112 Å². The summed E-state index contributed by atoms with van der Waals surface area (Å²) in [6.07, 6.45) is 13.5. The van der Waals surface area contributed by atoms with Crippen LogP contribution in [0.4, 0.5) is 0 Å². The van der Waals surface area contributed by atoms with Crippen molar-refractivity contribution in [1.82, 2.24) is 0 Å². The number of nitrogens with two attached hydrogens (primary N) is 1. The van der Waals surface area contributed by atoms with E-state index in [4.69, 9.17) is 5.73 Å². The summed E-state index contributed by atoms with van der Waals surface area (Å²) in [5.41, 5.74) is 5.92. The third kappa shape index (κ3) is 3.55. The van der Waals surface area contributed by atoms with Gasteiger partial charge in [0.25, 0.3) is 0 Å². The Kier molecular flexibility index (Phi) is 6.13. The Balaban J connectivity index is 0.000000980. The van der Waals surface area contributed by atoms with E-state index in [1.54, 1.807) is 0 Å². The van der Waals surface area contributed by atoms with Gasteiger partial charge in [0.05, 0.1) is 0 Å². The van der Waals surface area contributed by atoms with Crippen molar-refractivity contribution < 1.29 is 31.1 Å². The monoisotopic (exact) mass is 418 g/mol. The molecule has 0 bridgehead atoms. The topological polar surface area (TPSA) is 26.0 Å². The molecule has 2 aliphatic rings. The quantitative estimate of drug-likeness (QED) is 0.652. The van der Waals surface area contributed by atoms with Gasteiger partial charge in [0.15, 0.2) is 0 Å². The van der Waals surface area contributed by atoms with Crippen LogP contribution in [0, 0.1) is 49.4 Å². The van der Waals surface area contributed by atoms with Gasteiger partial charge in [-0.25, -0.2) is 0 Å². The molecule has 0 aromatic heterocycles. The standard InChI is InChI=1S/C12H22N.U/c13-12-8-6-11(7-9-12)10-4-2-1-3-5-10;/h1,10-12H,2-9,13H2;/q-1;. The van der Waals surface area contributed by atoms with E-state index in [2.05, 4.69) is 6.42 Å². The summed E-state index contributed by atoms with van der Waals surface area (Å²) in [5.74, 6) is 2.06. The first kappa shape index (κ1) is 13.1. The van der Waals surface area contributed by atoms with E-state index >= 15 is 0 Å². The van der Waals surface area contributed by atoms with Gasteiger partial charge in [-0.05, 0) is 37.5 Å². The molecule has 0 heterocycles. The normalized spacial score (nSPS) is 34.9. The Morgan fingerprint density at radius 1 is 0.786 bits per heavy atom. The zero-order chi connectivity index (χ0) is 9.10. The maximum atomic E-state index is 5.92. The second-order valence-corrected chi connectivity index (χ2v) is 4.88. The van der Waals surface area contributed by atoms with Crippen LogP contribution >= 0.6 is 0 Å². The van der Waals surface area contributed by atoms with Gasteiger partial charge in [0, 0.05) is 37.2 Å². The molecule has 80 valence electrons. The van der Waals surface area contributed by atoms with E-state index in [1.807, 2.05) is 0 Å². The van der Waals surface area contributed by atoms with Crippen LogP contribution in [0.25, 0.3) is 0 Å². The summed E-state index contributed by atoms with van der Waals surface area (Å²) in [4.78, 5) is 0. The third-order valence-electron chi connectivity index (χ3n) is 3.97. The summed E-state index contributed by atoms with van der Waals surface area (Å²) < 4.78 is 0. The molecule has 0 spiro atoms. The molecule has 0 amide bonds. The molecule has 0 unspecified atom stereocenters. The molecule has 2 N–H and O–H groups in total. The minimum Gasteiger partial charge on any atom is -0.328 e. The molecular weight excluding hydrogens is 396 g/mol. The summed E-state index contributed by atoms with van der Waals surface area (Å²) in [6, 6.07) is 0.520. The molecule has 0 saturated heterocycles. The first-order valence-corrected chi connectivity index (χ1v) is 5.93. The van der Waals surface area contributed by atoms with Gasteiger partial charge in [0.1, 0.15) is 0 Å². The van der Waals surface area contributed by atoms with E-state index in [1.165, 1.54) is 51.4 Å².